The summed E-state index contributed by atoms with van der Waals surface area (Å²) in [5, 5.41) is 1.15. The zero-order valence-electron chi connectivity index (χ0n) is 8.60. The van der Waals surface area contributed by atoms with Crippen LogP contribution in [0.25, 0.3) is 0 Å². The van der Waals surface area contributed by atoms with Gasteiger partial charge in [0.2, 0.25) is 0 Å². The third-order valence-corrected chi connectivity index (χ3v) is 1.94. The van der Waals surface area contributed by atoms with Gasteiger partial charge in [-0.05, 0) is 12.0 Å². The van der Waals surface area contributed by atoms with E-state index in [1.165, 1.54) is 7.11 Å². The van der Waals surface area contributed by atoms with Crippen LogP contribution in [0.15, 0.2) is 29.4 Å². The van der Waals surface area contributed by atoms with E-state index in [4.69, 9.17) is 4.84 Å². The van der Waals surface area contributed by atoms with Crippen molar-refractivity contribution in [3.05, 3.63) is 24.4 Å². The summed E-state index contributed by atoms with van der Waals surface area (Å²) in [5.41, 5.74) is 0.384. The van der Waals surface area contributed by atoms with Gasteiger partial charge in [-0.2, -0.15) is 0 Å². The second-order valence-corrected chi connectivity index (χ2v) is 3.06. The molecule has 1 aliphatic heterocycles. The minimum absolute atomic E-state index is 0.248. The van der Waals surface area contributed by atoms with Gasteiger partial charge in [0.1, 0.15) is 5.71 Å². The molecule has 0 aromatic carbocycles. The third kappa shape index (κ3) is 2.53. The van der Waals surface area contributed by atoms with Gasteiger partial charge in [-0.25, -0.2) is 5.06 Å². The minimum Gasteiger partial charge on any atom is -0.274 e. The number of aliphatic imine (C=N–C) groups is 1. The molecule has 1 aliphatic rings. The maximum Gasteiger partial charge on any atom is 0.295 e. The first kappa shape index (κ1) is 10.7. The van der Waals surface area contributed by atoms with Crippen LogP contribution in [-0.4, -0.2) is 30.8 Å². The Morgan fingerprint density at radius 1 is 1.57 bits per heavy atom. The molecule has 0 spiro atoms. The Hall–Kier alpha value is -1.42. The molecule has 0 aromatic heterocycles. The van der Waals surface area contributed by atoms with Crippen molar-refractivity contribution in [3.63, 3.8) is 0 Å². The quantitative estimate of drug-likeness (QED) is 0.619. The van der Waals surface area contributed by atoms with E-state index in [1.54, 1.807) is 19.3 Å². The molecular weight excluding hydrogens is 180 g/mol. The van der Waals surface area contributed by atoms with E-state index < -0.39 is 0 Å². The molecule has 0 saturated carbocycles. The Morgan fingerprint density at radius 3 is 2.93 bits per heavy atom. The van der Waals surface area contributed by atoms with E-state index in [2.05, 4.69) is 4.99 Å². The zero-order valence-corrected chi connectivity index (χ0v) is 8.60. The first-order valence-electron chi connectivity index (χ1n) is 4.40. The van der Waals surface area contributed by atoms with Crippen molar-refractivity contribution in [2.45, 2.75) is 6.92 Å². The second-order valence-electron chi connectivity index (χ2n) is 3.06. The molecule has 76 valence electrons. The van der Waals surface area contributed by atoms with Crippen LogP contribution in [0.1, 0.15) is 6.92 Å². The standard InChI is InChI=1S/C10H14N2O2/c1-8-4-5-9(11-7-6-8)10(13)12(2)14-3/h4-8H,1-3H3. The van der Waals surface area contributed by atoms with Crippen LogP contribution in [0, 0.1) is 5.92 Å². The number of allylic oxidation sites excluding steroid dienone is 2. The number of carbonyl (C=O) groups excluding carboxylic acids is 1. The van der Waals surface area contributed by atoms with Gasteiger partial charge in [0, 0.05) is 13.2 Å². The summed E-state index contributed by atoms with van der Waals surface area (Å²) in [4.78, 5) is 20.4. The van der Waals surface area contributed by atoms with Gasteiger partial charge >= 0.3 is 0 Å². The third-order valence-electron chi connectivity index (χ3n) is 1.94. The molecule has 0 bridgehead atoms. The lowest BCUT2D eigenvalue weighted by Crippen LogP contribution is -2.31. The Morgan fingerprint density at radius 2 is 2.29 bits per heavy atom. The van der Waals surface area contributed by atoms with Gasteiger partial charge in [0.05, 0.1) is 7.11 Å². The largest absolute Gasteiger partial charge is 0.295 e. The molecule has 0 fully saturated rings. The highest BCUT2D eigenvalue weighted by Crippen LogP contribution is 2.05. The van der Waals surface area contributed by atoms with Crippen molar-refractivity contribution in [2.24, 2.45) is 10.9 Å². The van der Waals surface area contributed by atoms with Gasteiger partial charge < -0.3 is 0 Å². The Kier molecular flexibility index (Phi) is 3.59. The average molecular weight is 194 g/mol. The molecule has 1 heterocycles. The number of rotatable bonds is 2. The van der Waals surface area contributed by atoms with E-state index >= 15 is 0 Å². The van der Waals surface area contributed by atoms with Crippen molar-refractivity contribution in [1.82, 2.24) is 5.06 Å². The number of hydrogen-bond acceptors (Lipinski definition) is 3. The van der Waals surface area contributed by atoms with Crippen molar-refractivity contribution in [2.75, 3.05) is 14.2 Å². The summed E-state index contributed by atoms with van der Waals surface area (Å²) in [6.45, 7) is 2.02. The molecule has 1 amide bonds. The summed E-state index contributed by atoms with van der Waals surface area (Å²) < 4.78 is 0. The smallest absolute Gasteiger partial charge is 0.274 e. The maximum absolute atomic E-state index is 11.6. The van der Waals surface area contributed by atoms with Crippen LogP contribution < -0.4 is 0 Å². The predicted octanol–water partition coefficient (Wildman–Crippen LogP) is 1.17. The van der Waals surface area contributed by atoms with Gasteiger partial charge in [-0.1, -0.05) is 19.1 Å². The normalized spacial score (nSPS) is 20.2. The molecule has 0 saturated heterocycles. The topological polar surface area (TPSA) is 41.9 Å². The monoisotopic (exact) mass is 194 g/mol. The highest BCUT2D eigenvalue weighted by Gasteiger charge is 2.14. The molecular formula is C10H14N2O2. The van der Waals surface area contributed by atoms with Crippen LogP contribution in [-0.2, 0) is 9.63 Å². The van der Waals surface area contributed by atoms with Crippen LogP contribution in [0.3, 0.4) is 0 Å². The molecule has 4 nitrogen and oxygen atoms in total. The number of nitrogens with zero attached hydrogens (tertiary/aromatic N) is 2. The van der Waals surface area contributed by atoms with E-state index in [1.807, 2.05) is 19.1 Å². The Balaban J connectivity index is 2.79. The van der Waals surface area contributed by atoms with Crippen LogP contribution in [0.2, 0.25) is 0 Å². The summed E-state index contributed by atoms with van der Waals surface area (Å²) in [6, 6.07) is 0. The lowest BCUT2D eigenvalue weighted by Gasteiger charge is -2.12. The number of carbonyl (C=O) groups is 1. The first-order chi connectivity index (χ1) is 6.65. The minimum atomic E-state index is -0.248. The molecule has 0 aromatic rings. The summed E-state index contributed by atoms with van der Waals surface area (Å²) in [5.74, 6) is 0.0550. The highest BCUT2D eigenvalue weighted by molar-refractivity contribution is 6.43. The maximum atomic E-state index is 11.6. The predicted molar refractivity (Wildman–Crippen MR) is 54.7 cm³/mol. The van der Waals surface area contributed by atoms with Crippen molar-refractivity contribution >= 4 is 11.6 Å². The van der Waals surface area contributed by atoms with Crippen molar-refractivity contribution < 1.29 is 9.63 Å². The SMILES string of the molecule is CON(C)C(=O)C1=NC=CC(C)C=C1. The Labute approximate surface area is 83.5 Å². The van der Waals surface area contributed by atoms with E-state index in [9.17, 15) is 4.79 Å². The molecule has 0 aliphatic carbocycles. The van der Waals surface area contributed by atoms with Gasteiger partial charge in [-0.15, -0.1) is 0 Å². The summed E-state index contributed by atoms with van der Waals surface area (Å²) in [6.07, 6.45) is 7.19. The second kappa shape index (κ2) is 4.72. The molecule has 4 heteroatoms. The fourth-order valence-corrected chi connectivity index (χ4v) is 0.980. The van der Waals surface area contributed by atoms with E-state index in [0.29, 0.717) is 11.6 Å². The average Bonchev–Trinajstić information content (AvgIpc) is 2.40. The van der Waals surface area contributed by atoms with Crippen molar-refractivity contribution in [3.8, 4) is 0 Å². The first-order valence-corrected chi connectivity index (χ1v) is 4.40. The Bertz CT molecular complexity index is 305. The van der Waals surface area contributed by atoms with Crippen molar-refractivity contribution in [1.29, 1.82) is 0 Å². The fourth-order valence-electron chi connectivity index (χ4n) is 0.980. The van der Waals surface area contributed by atoms with Crippen LogP contribution in [0.4, 0.5) is 0 Å². The number of amides is 1. The molecule has 0 radical (unpaired) electrons. The molecule has 0 N–H and O–H groups in total. The molecule has 1 atom stereocenters. The van der Waals surface area contributed by atoms with Crippen LogP contribution >= 0.6 is 0 Å². The van der Waals surface area contributed by atoms with E-state index in [0.717, 1.165) is 5.06 Å². The fraction of sp³-hybridized carbons (Fsp3) is 0.400. The van der Waals surface area contributed by atoms with Gasteiger partial charge in [0.15, 0.2) is 0 Å². The highest BCUT2D eigenvalue weighted by atomic mass is 16.7. The lowest BCUT2D eigenvalue weighted by atomic mass is 10.1. The zero-order chi connectivity index (χ0) is 10.6. The van der Waals surface area contributed by atoms with Gasteiger partial charge in [0.25, 0.3) is 5.91 Å². The molecule has 1 unspecified atom stereocenters. The van der Waals surface area contributed by atoms with Crippen LogP contribution in [0.5, 0.6) is 0 Å². The molecule has 14 heavy (non-hydrogen) atoms. The van der Waals surface area contributed by atoms with E-state index in [-0.39, 0.29) is 5.91 Å². The van der Waals surface area contributed by atoms with Gasteiger partial charge in [-0.3, -0.25) is 14.6 Å². The number of hydroxylamine groups is 2. The molecule has 1 rings (SSSR count). The summed E-state index contributed by atoms with van der Waals surface area (Å²) in [7, 11) is 2.99. The number of hydrogen-bond donors (Lipinski definition) is 0. The lowest BCUT2D eigenvalue weighted by molar-refractivity contribution is -0.160. The summed E-state index contributed by atoms with van der Waals surface area (Å²) >= 11 is 0.